The SMILES string of the molecule is Cl.Cl.NCC(NC(=O)c1ccc(Cn2ccnc2)cc1)C1CC1. The lowest BCUT2D eigenvalue weighted by molar-refractivity contribution is 0.0933. The van der Waals surface area contributed by atoms with Crippen molar-refractivity contribution in [1.29, 1.82) is 0 Å². The molecular weight excluding hydrogens is 335 g/mol. The minimum absolute atomic E-state index is 0. The summed E-state index contributed by atoms with van der Waals surface area (Å²) in [6, 6.07) is 7.79. The molecule has 23 heavy (non-hydrogen) atoms. The number of carbonyl (C=O) groups is 1. The van der Waals surface area contributed by atoms with Crippen molar-refractivity contribution in [2.75, 3.05) is 6.54 Å². The molecule has 0 aliphatic heterocycles. The highest BCUT2D eigenvalue weighted by Crippen LogP contribution is 2.32. The third kappa shape index (κ3) is 5.23. The van der Waals surface area contributed by atoms with Crippen molar-refractivity contribution in [2.45, 2.75) is 25.4 Å². The fourth-order valence-corrected chi connectivity index (χ4v) is 2.47. The van der Waals surface area contributed by atoms with E-state index in [4.69, 9.17) is 5.73 Å². The molecule has 3 N–H and O–H groups in total. The monoisotopic (exact) mass is 356 g/mol. The zero-order valence-electron chi connectivity index (χ0n) is 12.7. The van der Waals surface area contributed by atoms with Gasteiger partial charge in [-0.3, -0.25) is 4.79 Å². The molecule has 5 nitrogen and oxygen atoms in total. The zero-order valence-corrected chi connectivity index (χ0v) is 14.4. The van der Waals surface area contributed by atoms with Gasteiger partial charge in [-0.15, -0.1) is 24.8 Å². The van der Waals surface area contributed by atoms with E-state index in [2.05, 4.69) is 10.3 Å². The van der Waals surface area contributed by atoms with Crippen molar-refractivity contribution in [3.63, 3.8) is 0 Å². The van der Waals surface area contributed by atoms with Gasteiger partial charge in [0.05, 0.1) is 6.33 Å². The van der Waals surface area contributed by atoms with E-state index >= 15 is 0 Å². The summed E-state index contributed by atoms with van der Waals surface area (Å²) in [5.74, 6) is 0.533. The van der Waals surface area contributed by atoms with Gasteiger partial charge in [0, 0.05) is 37.1 Å². The average molecular weight is 357 g/mol. The Morgan fingerprint density at radius 1 is 1.30 bits per heavy atom. The minimum Gasteiger partial charge on any atom is -0.348 e. The number of imidazole rings is 1. The third-order valence-electron chi connectivity index (χ3n) is 3.90. The number of benzene rings is 1. The molecule has 2 aromatic rings. The molecule has 1 aromatic heterocycles. The standard InChI is InChI=1S/C16H20N4O.2ClH/c17-9-15(13-5-6-13)19-16(21)14-3-1-12(2-4-14)10-20-8-7-18-11-20;;/h1-4,7-8,11,13,15H,5-6,9-10,17H2,(H,19,21);2*1H. The average Bonchev–Trinajstić information content (AvgIpc) is 3.23. The van der Waals surface area contributed by atoms with Gasteiger partial charge in [-0.05, 0) is 36.5 Å². The van der Waals surface area contributed by atoms with Crippen LogP contribution in [0.3, 0.4) is 0 Å². The number of carbonyl (C=O) groups excluding carboxylic acids is 1. The van der Waals surface area contributed by atoms with E-state index in [-0.39, 0.29) is 36.8 Å². The summed E-state index contributed by atoms with van der Waals surface area (Å²) < 4.78 is 1.99. The van der Waals surface area contributed by atoms with E-state index in [1.54, 1.807) is 12.5 Å². The van der Waals surface area contributed by atoms with Crippen LogP contribution in [0.25, 0.3) is 0 Å². The molecule has 0 radical (unpaired) electrons. The summed E-state index contributed by atoms with van der Waals surface area (Å²) >= 11 is 0. The number of nitrogens with one attached hydrogen (secondary N) is 1. The van der Waals surface area contributed by atoms with Crippen LogP contribution in [-0.4, -0.2) is 28.0 Å². The molecule has 1 fully saturated rings. The highest BCUT2D eigenvalue weighted by molar-refractivity contribution is 5.94. The molecule has 126 valence electrons. The second-order valence-corrected chi connectivity index (χ2v) is 5.59. The zero-order chi connectivity index (χ0) is 14.7. The van der Waals surface area contributed by atoms with E-state index in [1.165, 1.54) is 12.8 Å². The number of halogens is 2. The molecule has 1 atom stereocenters. The molecule has 1 aromatic carbocycles. The van der Waals surface area contributed by atoms with Crippen molar-refractivity contribution in [3.05, 3.63) is 54.1 Å². The van der Waals surface area contributed by atoms with Crippen molar-refractivity contribution in [2.24, 2.45) is 11.7 Å². The van der Waals surface area contributed by atoms with Gasteiger partial charge in [0.2, 0.25) is 0 Å². The maximum Gasteiger partial charge on any atom is 0.251 e. The van der Waals surface area contributed by atoms with Crippen LogP contribution in [0.1, 0.15) is 28.8 Å². The highest BCUT2D eigenvalue weighted by Gasteiger charge is 2.31. The molecule has 1 heterocycles. The van der Waals surface area contributed by atoms with Gasteiger partial charge in [-0.2, -0.15) is 0 Å². The molecule has 1 saturated carbocycles. The van der Waals surface area contributed by atoms with Crippen LogP contribution in [-0.2, 0) is 6.54 Å². The van der Waals surface area contributed by atoms with Crippen LogP contribution < -0.4 is 11.1 Å². The van der Waals surface area contributed by atoms with Crippen molar-refractivity contribution < 1.29 is 4.79 Å². The van der Waals surface area contributed by atoms with Crippen molar-refractivity contribution in [1.82, 2.24) is 14.9 Å². The van der Waals surface area contributed by atoms with E-state index < -0.39 is 0 Å². The smallest absolute Gasteiger partial charge is 0.251 e. The van der Waals surface area contributed by atoms with Crippen molar-refractivity contribution in [3.8, 4) is 0 Å². The van der Waals surface area contributed by atoms with E-state index in [0.717, 1.165) is 12.1 Å². The lowest BCUT2D eigenvalue weighted by Gasteiger charge is -2.16. The molecule has 0 bridgehead atoms. The van der Waals surface area contributed by atoms with Crippen LogP contribution >= 0.6 is 24.8 Å². The van der Waals surface area contributed by atoms with E-state index in [1.807, 2.05) is 35.0 Å². The molecule has 3 rings (SSSR count). The van der Waals surface area contributed by atoms with Gasteiger partial charge >= 0.3 is 0 Å². The van der Waals surface area contributed by atoms with E-state index in [9.17, 15) is 4.79 Å². The summed E-state index contributed by atoms with van der Waals surface area (Å²) in [5, 5.41) is 3.03. The van der Waals surface area contributed by atoms with Gasteiger partial charge in [0.15, 0.2) is 0 Å². The Kier molecular flexibility index (Phi) is 7.55. The number of aromatic nitrogens is 2. The second kappa shape index (κ2) is 8.91. The fourth-order valence-electron chi connectivity index (χ4n) is 2.47. The Balaban J connectivity index is 0.00000132. The first-order chi connectivity index (χ1) is 10.3. The number of amides is 1. The summed E-state index contributed by atoms with van der Waals surface area (Å²) in [7, 11) is 0. The molecule has 7 heteroatoms. The predicted octanol–water partition coefficient (Wildman–Crippen LogP) is 2.24. The van der Waals surface area contributed by atoms with Crippen LogP contribution in [0.15, 0.2) is 43.0 Å². The van der Waals surface area contributed by atoms with Gasteiger partial charge in [0.25, 0.3) is 5.91 Å². The summed E-state index contributed by atoms with van der Waals surface area (Å²) in [6.07, 6.45) is 7.80. The number of rotatable bonds is 6. The van der Waals surface area contributed by atoms with Crippen LogP contribution in [0, 0.1) is 5.92 Å². The normalized spacial score (nSPS) is 14.3. The maximum atomic E-state index is 12.2. The minimum atomic E-state index is -0.0356. The molecule has 1 amide bonds. The van der Waals surface area contributed by atoms with Crippen LogP contribution in [0.5, 0.6) is 0 Å². The number of hydrogen-bond donors (Lipinski definition) is 2. The molecule has 0 spiro atoms. The van der Waals surface area contributed by atoms with Crippen molar-refractivity contribution >= 4 is 30.7 Å². The summed E-state index contributed by atoms with van der Waals surface area (Å²) in [4.78, 5) is 16.2. The Morgan fingerprint density at radius 3 is 2.52 bits per heavy atom. The van der Waals surface area contributed by atoms with Gasteiger partial charge in [-0.25, -0.2) is 4.98 Å². The largest absolute Gasteiger partial charge is 0.348 e. The molecule has 1 aliphatic rings. The number of hydrogen-bond acceptors (Lipinski definition) is 3. The first kappa shape index (κ1) is 19.5. The first-order valence-electron chi connectivity index (χ1n) is 7.32. The lowest BCUT2D eigenvalue weighted by atomic mass is 10.1. The third-order valence-corrected chi connectivity index (χ3v) is 3.90. The molecule has 1 unspecified atom stereocenters. The van der Waals surface area contributed by atoms with Gasteiger partial charge in [0.1, 0.15) is 0 Å². The van der Waals surface area contributed by atoms with Gasteiger partial charge < -0.3 is 15.6 Å². The first-order valence-corrected chi connectivity index (χ1v) is 7.32. The molecule has 1 aliphatic carbocycles. The predicted molar refractivity (Wildman–Crippen MR) is 95.3 cm³/mol. The highest BCUT2D eigenvalue weighted by atomic mass is 35.5. The molecular formula is C16H22Cl2N4O. The fraction of sp³-hybridized carbons (Fsp3) is 0.375. The lowest BCUT2D eigenvalue weighted by Crippen LogP contribution is -2.41. The topological polar surface area (TPSA) is 72.9 Å². The second-order valence-electron chi connectivity index (χ2n) is 5.59. The summed E-state index contributed by atoms with van der Waals surface area (Å²) in [6.45, 7) is 1.27. The van der Waals surface area contributed by atoms with Gasteiger partial charge in [-0.1, -0.05) is 12.1 Å². The Morgan fingerprint density at radius 2 is 2.00 bits per heavy atom. The number of nitrogens with two attached hydrogens (primary N) is 1. The van der Waals surface area contributed by atoms with E-state index in [0.29, 0.717) is 18.0 Å². The van der Waals surface area contributed by atoms with Crippen LogP contribution in [0.2, 0.25) is 0 Å². The Labute approximate surface area is 148 Å². The Bertz CT molecular complexity index is 597. The number of nitrogens with zero attached hydrogens (tertiary/aromatic N) is 2. The molecule has 0 saturated heterocycles. The Hall–Kier alpha value is -1.56. The quantitative estimate of drug-likeness (QED) is 0.833. The maximum absolute atomic E-state index is 12.2. The van der Waals surface area contributed by atoms with Crippen LogP contribution in [0.4, 0.5) is 0 Å². The summed E-state index contributed by atoms with van der Waals surface area (Å²) in [5.41, 5.74) is 7.54.